The van der Waals surface area contributed by atoms with E-state index in [4.69, 9.17) is 0 Å². The average Bonchev–Trinajstić information content (AvgIpc) is 2.98. The highest BCUT2D eigenvalue weighted by atomic mass is 16.6. The molecule has 7 heteroatoms. The summed E-state index contributed by atoms with van der Waals surface area (Å²) in [6.07, 6.45) is 1.80. The van der Waals surface area contributed by atoms with Crippen molar-refractivity contribution in [1.29, 1.82) is 0 Å². The van der Waals surface area contributed by atoms with Crippen LogP contribution in [0.1, 0.15) is 26.3 Å². The number of non-ortho nitro benzene ring substituents is 1. The van der Waals surface area contributed by atoms with Gasteiger partial charge in [-0.2, -0.15) is 10.1 Å². The van der Waals surface area contributed by atoms with E-state index < -0.39 is 4.92 Å². The van der Waals surface area contributed by atoms with Crippen LogP contribution in [0.25, 0.3) is 6.08 Å². The fourth-order valence-corrected chi connectivity index (χ4v) is 3.13. The Labute approximate surface area is 163 Å². The topological polar surface area (TPSA) is 79.0 Å². The van der Waals surface area contributed by atoms with Gasteiger partial charge in [0.05, 0.1) is 21.9 Å². The first kappa shape index (κ1) is 19.3. The molecule has 28 heavy (non-hydrogen) atoms. The van der Waals surface area contributed by atoms with Crippen LogP contribution in [-0.4, -0.2) is 29.6 Å². The molecule has 2 aromatic rings. The number of hydrogen-bond acceptors (Lipinski definition) is 5. The lowest BCUT2D eigenvalue weighted by Gasteiger charge is -2.20. The molecule has 1 aliphatic heterocycles. The van der Waals surface area contributed by atoms with Crippen LogP contribution in [0.5, 0.6) is 0 Å². The number of nitrogens with zero attached hydrogens (tertiary/aromatic N) is 4. The highest BCUT2D eigenvalue weighted by molar-refractivity contribution is 6.32. The van der Waals surface area contributed by atoms with Crippen molar-refractivity contribution in [2.45, 2.75) is 20.8 Å². The van der Waals surface area contributed by atoms with Gasteiger partial charge in [0.2, 0.25) is 0 Å². The number of nitro groups is 1. The van der Waals surface area contributed by atoms with E-state index in [0.717, 1.165) is 24.3 Å². The summed E-state index contributed by atoms with van der Waals surface area (Å²) in [6.45, 7) is 7.84. The number of benzene rings is 2. The summed E-state index contributed by atoms with van der Waals surface area (Å²) in [5.41, 5.74) is 3.37. The molecule has 0 radical (unpaired) electrons. The molecule has 0 atom stereocenters. The van der Waals surface area contributed by atoms with Gasteiger partial charge in [0.25, 0.3) is 11.6 Å². The van der Waals surface area contributed by atoms with E-state index in [1.807, 2.05) is 24.3 Å². The Kier molecular flexibility index (Phi) is 5.54. The van der Waals surface area contributed by atoms with Crippen LogP contribution < -0.4 is 9.91 Å². The molecule has 7 nitrogen and oxygen atoms in total. The number of rotatable bonds is 6. The minimum Gasteiger partial charge on any atom is -0.372 e. The van der Waals surface area contributed by atoms with Gasteiger partial charge in [-0.15, -0.1) is 0 Å². The number of hydrogen-bond donors (Lipinski definition) is 0. The molecule has 0 spiro atoms. The molecule has 144 valence electrons. The Morgan fingerprint density at radius 1 is 1.14 bits per heavy atom. The normalized spacial score (nSPS) is 15.1. The van der Waals surface area contributed by atoms with Crippen molar-refractivity contribution in [3.05, 3.63) is 69.8 Å². The summed E-state index contributed by atoms with van der Waals surface area (Å²) in [6, 6.07) is 13.9. The van der Waals surface area contributed by atoms with Gasteiger partial charge in [-0.25, -0.2) is 0 Å². The van der Waals surface area contributed by atoms with Gasteiger partial charge in [0, 0.05) is 30.9 Å². The molecule has 1 amide bonds. The van der Waals surface area contributed by atoms with Gasteiger partial charge in [0.1, 0.15) is 0 Å². The first-order valence-electron chi connectivity index (χ1n) is 9.15. The molecule has 1 heterocycles. The Bertz CT molecular complexity index is 960. The van der Waals surface area contributed by atoms with Crippen LogP contribution in [0, 0.1) is 10.1 Å². The molecular formula is C21H22N4O3. The fraction of sp³-hybridized carbons (Fsp3) is 0.238. The van der Waals surface area contributed by atoms with Crippen molar-refractivity contribution >= 4 is 34.8 Å². The molecule has 0 saturated carbocycles. The predicted octanol–water partition coefficient (Wildman–Crippen LogP) is 4.25. The van der Waals surface area contributed by atoms with Gasteiger partial charge in [-0.3, -0.25) is 14.9 Å². The van der Waals surface area contributed by atoms with Gasteiger partial charge >= 0.3 is 0 Å². The Morgan fingerprint density at radius 3 is 2.43 bits per heavy atom. The molecule has 3 rings (SSSR count). The number of amides is 1. The lowest BCUT2D eigenvalue weighted by molar-refractivity contribution is -0.384. The van der Waals surface area contributed by atoms with E-state index in [1.165, 1.54) is 17.1 Å². The minimum absolute atomic E-state index is 0.0810. The van der Waals surface area contributed by atoms with Crippen molar-refractivity contribution in [3.8, 4) is 0 Å². The van der Waals surface area contributed by atoms with E-state index in [2.05, 4.69) is 23.8 Å². The molecule has 0 bridgehead atoms. The van der Waals surface area contributed by atoms with Crippen molar-refractivity contribution in [3.63, 3.8) is 0 Å². The van der Waals surface area contributed by atoms with Gasteiger partial charge in [-0.1, -0.05) is 18.2 Å². The lowest BCUT2D eigenvalue weighted by atomic mass is 10.1. The Hall–Kier alpha value is -3.48. The summed E-state index contributed by atoms with van der Waals surface area (Å²) in [5.74, 6) is -0.300. The quantitative estimate of drug-likeness (QED) is 0.428. The summed E-state index contributed by atoms with van der Waals surface area (Å²) >= 11 is 0. The monoisotopic (exact) mass is 378 g/mol. The second-order valence-electron chi connectivity index (χ2n) is 6.40. The third-order valence-corrected chi connectivity index (χ3v) is 4.68. The maximum Gasteiger partial charge on any atom is 0.280 e. The summed E-state index contributed by atoms with van der Waals surface area (Å²) in [7, 11) is 0. The number of hydrazone groups is 1. The minimum atomic E-state index is -0.491. The predicted molar refractivity (Wildman–Crippen MR) is 112 cm³/mol. The molecule has 1 aliphatic rings. The van der Waals surface area contributed by atoms with E-state index in [1.54, 1.807) is 25.1 Å². The first-order valence-corrected chi connectivity index (χ1v) is 9.15. The standard InChI is InChI=1S/C21H22N4O3/c1-4-23(5-2)17-11-9-16(10-12-17)13-20-15(3)22-24(21(20)26)18-7-6-8-19(14-18)25(27)28/h6-14H,4-5H2,1-3H3/b20-13-. The van der Waals surface area contributed by atoms with Gasteiger partial charge < -0.3 is 4.90 Å². The molecule has 2 aromatic carbocycles. The fourth-order valence-electron chi connectivity index (χ4n) is 3.13. The van der Waals surface area contributed by atoms with Crippen molar-refractivity contribution in [1.82, 2.24) is 0 Å². The second kappa shape index (κ2) is 8.04. The highest BCUT2D eigenvalue weighted by Crippen LogP contribution is 2.28. The Balaban J connectivity index is 1.86. The van der Waals surface area contributed by atoms with Crippen LogP contribution in [0.2, 0.25) is 0 Å². The summed E-state index contributed by atoms with van der Waals surface area (Å²) in [4.78, 5) is 25.6. The number of carbonyl (C=O) groups is 1. The van der Waals surface area contributed by atoms with Crippen LogP contribution >= 0.6 is 0 Å². The molecule has 0 saturated heterocycles. The van der Waals surface area contributed by atoms with Gasteiger partial charge in [-0.05, 0) is 50.6 Å². The average molecular weight is 378 g/mol. The van der Waals surface area contributed by atoms with E-state index in [-0.39, 0.29) is 11.6 Å². The second-order valence-corrected chi connectivity index (χ2v) is 6.40. The largest absolute Gasteiger partial charge is 0.372 e. The number of anilines is 2. The number of nitro benzene ring substituents is 1. The lowest BCUT2D eigenvalue weighted by Crippen LogP contribution is -2.21. The highest BCUT2D eigenvalue weighted by Gasteiger charge is 2.29. The van der Waals surface area contributed by atoms with Gasteiger partial charge in [0.15, 0.2) is 0 Å². The molecule has 0 aliphatic carbocycles. The zero-order chi connectivity index (χ0) is 20.3. The van der Waals surface area contributed by atoms with Crippen LogP contribution in [0.4, 0.5) is 17.1 Å². The molecule has 0 aromatic heterocycles. The number of carbonyl (C=O) groups excluding carboxylic acids is 1. The maximum absolute atomic E-state index is 12.8. The van der Waals surface area contributed by atoms with Crippen LogP contribution in [0.15, 0.2) is 59.2 Å². The van der Waals surface area contributed by atoms with Crippen LogP contribution in [-0.2, 0) is 4.79 Å². The third kappa shape index (κ3) is 3.78. The smallest absolute Gasteiger partial charge is 0.280 e. The van der Waals surface area contributed by atoms with Crippen LogP contribution in [0.3, 0.4) is 0 Å². The molecule has 0 N–H and O–H groups in total. The third-order valence-electron chi connectivity index (χ3n) is 4.68. The summed E-state index contributed by atoms with van der Waals surface area (Å²) < 4.78 is 0. The molecule has 0 unspecified atom stereocenters. The molecule has 0 fully saturated rings. The Morgan fingerprint density at radius 2 is 1.82 bits per heavy atom. The zero-order valence-electron chi connectivity index (χ0n) is 16.1. The van der Waals surface area contributed by atoms with E-state index >= 15 is 0 Å². The maximum atomic E-state index is 12.8. The van der Waals surface area contributed by atoms with E-state index in [9.17, 15) is 14.9 Å². The van der Waals surface area contributed by atoms with Crippen molar-refractivity contribution in [2.24, 2.45) is 5.10 Å². The zero-order valence-corrected chi connectivity index (χ0v) is 16.1. The van der Waals surface area contributed by atoms with E-state index in [0.29, 0.717) is 17.0 Å². The summed E-state index contributed by atoms with van der Waals surface area (Å²) in [5, 5.41) is 16.5. The first-order chi connectivity index (χ1) is 13.4. The molecular weight excluding hydrogens is 356 g/mol. The SMILES string of the molecule is CCN(CC)c1ccc(/C=C2\C(=O)N(c3cccc([N+](=O)[O-])c3)N=C2C)cc1. The van der Waals surface area contributed by atoms with Crippen molar-refractivity contribution in [2.75, 3.05) is 23.0 Å². The van der Waals surface area contributed by atoms with Crippen molar-refractivity contribution < 1.29 is 9.72 Å².